The molecular weight excluding hydrogens is 467 g/mol. The van der Waals surface area contributed by atoms with Gasteiger partial charge in [0.2, 0.25) is 5.13 Å². The van der Waals surface area contributed by atoms with Gasteiger partial charge in [0, 0.05) is 11.6 Å². The Kier molecular flexibility index (Phi) is 6.43. The molecule has 0 atom stereocenters. The Hall–Kier alpha value is -3.70. The number of rotatable bonds is 7. The summed E-state index contributed by atoms with van der Waals surface area (Å²) in [6, 6.07) is 13.7. The predicted octanol–water partition coefficient (Wildman–Crippen LogP) is 5.87. The maximum absolute atomic E-state index is 13.6. The van der Waals surface area contributed by atoms with E-state index in [0.29, 0.717) is 26.4 Å². The van der Waals surface area contributed by atoms with E-state index in [1.807, 2.05) is 13.8 Å². The van der Waals surface area contributed by atoms with Gasteiger partial charge in [-0.2, -0.15) is 10.1 Å². The van der Waals surface area contributed by atoms with Crippen molar-refractivity contribution >= 4 is 55.1 Å². The van der Waals surface area contributed by atoms with Crippen LogP contribution in [0.3, 0.4) is 0 Å². The largest absolute Gasteiger partial charge is 0.491 e. The minimum Gasteiger partial charge on any atom is -0.491 e. The summed E-state index contributed by atoms with van der Waals surface area (Å²) in [6.07, 6.45) is 1.35. The molecule has 0 aliphatic rings. The number of nitro groups is 1. The molecule has 0 unspecified atom stereocenters. The fourth-order valence-electron chi connectivity index (χ4n) is 2.86. The maximum atomic E-state index is 13.6. The highest BCUT2D eigenvalue weighted by Crippen LogP contribution is 2.31. The Morgan fingerprint density at radius 2 is 1.94 bits per heavy atom. The second-order valence-electron chi connectivity index (χ2n) is 7.09. The Morgan fingerprint density at radius 1 is 1.18 bits per heavy atom. The van der Waals surface area contributed by atoms with E-state index in [9.17, 15) is 19.3 Å². The molecule has 0 saturated heterocycles. The third kappa shape index (κ3) is 5.21. The molecule has 0 spiro atoms. The minimum absolute atomic E-state index is 0.00866. The maximum Gasteiger partial charge on any atom is 0.324 e. The van der Waals surface area contributed by atoms with E-state index < -0.39 is 16.6 Å². The average molecular weight is 485 g/mol. The van der Waals surface area contributed by atoms with Crippen molar-refractivity contribution in [3.63, 3.8) is 0 Å². The number of fused-ring (bicyclic) bond motifs is 1. The number of amides is 1. The second-order valence-corrected chi connectivity index (χ2v) is 9.20. The molecule has 0 radical (unpaired) electrons. The molecule has 11 heteroatoms. The molecule has 2 aromatic heterocycles. The summed E-state index contributed by atoms with van der Waals surface area (Å²) < 4.78 is 19.8. The average Bonchev–Trinajstić information content (AvgIpc) is 3.41. The molecule has 0 bridgehead atoms. The van der Waals surface area contributed by atoms with Crippen LogP contribution >= 0.6 is 22.7 Å². The first-order valence-corrected chi connectivity index (χ1v) is 11.4. The molecule has 1 amide bonds. The van der Waals surface area contributed by atoms with Gasteiger partial charge in [-0.1, -0.05) is 22.7 Å². The molecule has 4 rings (SSSR count). The van der Waals surface area contributed by atoms with Gasteiger partial charge in [0.15, 0.2) is 0 Å². The topological polar surface area (TPSA) is 97.9 Å². The van der Waals surface area contributed by atoms with E-state index in [1.165, 1.54) is 30.5 Å². The molecule has 33 heavy (non-hydrogen) atoms. The van der Waals surface area contributed by atoms with Crippen LogP contribution in [-0.4, -0.2) is 28.1 Å². The monoisotopic (exact) mass is 484 g/mol. The molecule has 2 heterocycles. The van der Waals surface area contributed by atoms with Crippen LogP contribution in [0.5, 0.6) is 5.75 Å². The van der Waals surface area contributed by atoms with E-state index in [-0.39, 0.29) is 16.2 Å². The minimum atomic E-state index is -0.492. The smallest absolute Gasteiger partial charge is 0.324 e. The molecule has 8 nitrogen and oxygen atoms in total. The van der Waals surface area contributed by atoms with Crippen LogP contribution in [0.1, 0.15) is 29.1 Å². The highest BCUT2D eigenvalue weighted by atomic mass is 32.1. The number of hydrogen-bond acceptors (Lipinski definition) is 8. The van der Waals surface area contributed by atoms with Crippen LogP contribution < -0.4 is 9.75 Å². The van der Waals surface area contributed by atoms with Crippen LogP contribution in [0.15, 0.2) is 59.7 Å². The first-order chi connectivity index (χ1) is 15.8. The fraction of sp³-hybridized carbons (Fsp3) is 0.136. The van der Waals surface area contributed by atoms with Crippen molar-refractivity contribution in [2.75, 3.05) is 5.01 Å². The Bertz CT molecular complexity index is 1350. The number of aromatic nitrogens is 1. The van der Waals surface area contributed by atoms with Gasteiger partial charge in [-0.3, -0.25) is 14.9 Å². The summed E-state index contributed by atoms with van der Waals surface area (Å²) >= 11 is 2.04. The quantitative estimate of drug-likeness (QED) is 0.186. The van der Waals surface area contributed by atoms with Gasteiger partial charge in [0.05, 0.1) is 32.3 Å². The SMILES string of the molecule is CC(C)Oc1ccc(C(=O)N(/N=C/c2ccc([N+](=O)[O-])s2)c2nc3ccc(F)cc3s2)cc1. The van der Waals surface area contributed by atoms with Crippen molar-refractivity contribution in [2.24, 2.45) is 5.10 Å². The number of halogens is 1. The fourth-order valence-corrected chi connectivity index (χ4v) is 4.50. The zero-order valence-electron chi connectivity index (χ0n) is 17.5. The van der Waals surface area contributed by atoms with Gasteiger partial charge in [0.1, 0.15) is 11.6 Å². The van der Waals surface area contributed by atoms with Crippen molar-refractivity contribution in [1.29, 1.82) is 0 Å². The molecule has 0 N–H and O–H groups in total. The summed E-state index contributed by atoms with van der Waals surface area (Å²) in [5.74, 6) is -0.253. The van der Waals surface area contributed by atoms with Crippen LogP contribution in [0, 0.1) is 15.9 Å². The lowest BCUT2D eigenvalue weighted by Gasteiger charge is -2.14. The normalized spacial score (nSPS) is 11.4. The van der Waals surface area contributed by atoms with Gasteiger partial charge < -0.3 is 4.74 Å². The van der Waals surface area contributed by atoms with E-state index in [4.69, 9.17) is 4.74 Å². The van der Waals surface area contributed by atoms with Crippen LogP contribution in [0.2, 0.25) is 0 Å². The number of thiophene rings is 1. The molecule has 168 valence electrons. The first kappa shape index (κ1) is 22.5. The van der Waals surface area contributed by atoms with Crippen molar-refractivity contribution in [2.45, 2.75) is 20.0 Å². The lowest BCUT2D eigenvalue weighted by Crippen LogP contribution is -2.25. The molecule has 0 aliphatic heterocycles. The number of benzene rings is 2. The molecule has 2 aromatic carbocycles. The number of anilines is 1. The van der Waals surface area contributed by atoms with E-state index in [0.717, 1.165) is 27.7 Å². The van der Waals surface area contributed by atoms with Crippen LogP contribution in [0.25, 0.3) is 10.2 Å². The standard InChI is InChI=1S/C22H17FN4O4S2/c1-13(2)31-16-6-3-14(4-7-16)21(28)26(24-12-17-8-10-20(32-17)27(29)30)22-25-18-9-5-15(23)11-19(18)33-22/h3-13H,1-2H3/b24-12+. The molecule has 0 saturated carbocycles. The zero-order valence-corrected chi connectivity index (χ0v) is 19.1. The van der Waals surface area contributed by atoms with Gasteiger partial charge in [-0.25, -0.2) is 9.37 Å². The number of hydrazone groups is 1. The lowest BCUT2D eigenvalue weighted by atomic mass is 10.2. The van der Waals surface area contributed by atoms with Gasteiger partial charge in [0.25, 0.3) is 5.91 Å². The predicted molar refractivity (Wildman–Crippen MR) is 127 cm³/mol. The number of nitrogens with zero attached hydrogens (tertiary/aromatic N) is 4. The van der Waals surface area contributed by atoms with Crippen LogP contribution in [0.4, 0.5) is 14.5 Å². The van der Waals surface area contributed by atoms with Crippen molar-refractivity contribution < 1.29 is 18.8 Å². The Labute approximate surface area is 195 Å². The summed E-state index contributed by atoms with van der Waals surface area (Å²) in [6.45, 7) is 3.81. The third-order valence-corrected chi connectivity index (χ3v) is 6.24. The van der Waals surface area contributed by atoms with Crippen LogP contribution in [-0.2, 0) is 0 Å². The number of ether oxygens (including phenoxy) is 1. The molecule has 0 aliphatic carbocycles. The van der Waals surface area contributed by atoms with Gasteiger partial charge in [-0.05, 0) is 62.4 Å². The van der Waals surface area contributed by atoms with Gasteiger partial charge >= 0.3 is 5.00 Å². The number of carbonyl (C=O) groups is 1. The third-order valence-electron chi connectivity index (χ3n) is 4.28. The highest BCUT2D eigenvalue weighted by Gasteiger charge is 2.22. The zero-order chi connectivity index (χ0) is 23.5. The second kappa shape index (κ2) is 9.43. The number of hydrogen-bond donors (Lipinski definition) is 0. The number of carbonyl (C=O) groups excluding carboxylic acids is 1. The van der Waals surface area contributed by atoms with Crippen molar-refractivity contribution in [3.05, 3.63) is 81.0 Å². The molecule has 4 aromatic rings. The summed E-state index contributed by atoms with van der Waals surface area (Å²) in [4.78, 5) is 28.7. The van der Waals surface area contributed by atoms with Crippen molar-refractivity contribution in [1.82, 2.24) is 4.98 Å². The lowest BCUT2D eigenvalue weighted by molar-refractivity contribution is -0.380. The van der Waals surface area contributed by atoms with E-state index in [2.05, 4.69) is 10.1 Å². The summed E-state index contributed by atoms with van der Waals surface area (Å²) in [5, 5.41) is 16.5. The highest BCUT2D eigenvalue weighted by molar-refractivity contribution is 7.22. The van der Waals surface area contributed by atoms with Gasteiger partial charge in [-0.15, -0.1) is 0 Å². The Morgan fingerprint density at radius 3 is 2.61 bits per heavy atom. The summed E-state index contributed by atoms with van der Waals surface area (Å²) in [5.41, 5.74) is 0.864. The van der Waals surface area contributed by atoms with Crippen molar-refractivity contribution in [3.8, 4) is 5.75 Å². The van der Waals surface area contributed by atoms with E-state index >= 15 is 0 Å². The Balaban J connectivity index is 1.70. The molecule has 0 fully saturated rings. The number of thiazole rings is 1. The summed E-state index contributed by atoms with van der Waals surface area (Å²) in [7, 11) is 0. The van der Waals surface area contributed by atoms with E-state index in [1.54, 1.807) is 30.3 Å². The molecular formula is C22H17FN4O4S2. The first-order valence-electron chi connectivity index (χ1n) is 9.75.